The molecule has 35 heavy (non-hydrogen) atoms. The molecule has 2 heterocycles. The number of aryl methyl sites for hydroxylation is 1. The normalized spacial score (nSPS) is 28.7. The van der Waals surface area contributed by atoms with Gasteiger partial charge >= 0.3 is 0 Å². The molecule has 0 bridgehead atoms. The van der Waals surface area contributed by atoms with E-state index in [1.54, 1.807) is 11.8 Å². The lowest BCUT2D eigenvalue weighted by atomic mass is 9.75. The van der Waals surface area contributed by atoms with Crippen LogP contribution >= 0.6 is 11.8 Å². The maximum absolute atomic E-state index is 13.5. The van der Waals surface area contributed by atoms with Gasteiger partial charge in [0.1, 0.15) is 0 Å². The zero-order chi connectivity index (χ0) is 24.4. The van der Waals surface area contributed by atoms with Crippen LogP contribution in [-0.2, 0) is 15.3 Å². The molecule has 190 valence electrons. The summed E-state index contributed by atoms with van der Waals surface area (Å²) in [5.74, 6) is 1.13. The number of thioether (sulfide) groups is 1. The molecule has 0 aromatic heterocycles. The Morgan fingerprint density at radius 3 is 2.66 bits per heavy atom. The summed E-state index contributed by atoms with van der Waals surface area (Å²) in [5.41, 5.74) is 5.77. The van der Waals surface area contributed by atoms with Gasteiger partial charge in [0.15, 0.2) is 11.5 Å². The van der Waals surface area contributed by atoms with Crippen LogP contribution in [0.1, 0.15) is 75.8 Å². The summed E-state index contributed by atoms with van der Waals surface area (Å²) in [7, 11) is 0. The van der Waals surface area contributed by atoms with Gasteiger partial charge in [-0.2, -0.15) is 5.10 Å². The molecule has 4 aliphatic rings. The van der Waals surface area contributed by atoms with Gasteiger partial charge in [-0.15, -0.1) is 0 Å². The minimum atomic E-state index is -0.246. The van der Waals surface area contributed by atoms with E-state index in [1.807, 2.05) is 4.90 Å². The van der Waals surface area contributed by atoms with Crippen molar-refractivity contribution in [3.63, 3.8) is 0 Å². The molecule has 7 nitrogen and oxygen atoms in total. The predicted molar refractivity (Wildman–Crippen MR) is 140 cm³/mol. The molecule has 2 N–H and O–H groups in total. The Kier molecular flexibility index (Phi) is 7.56. The third kappa shape index (κ3) is 5.18. The molecular formula is C27H39N5O2S. The van der Waals surface area contributed by atoms with Crippen molar-refractivity contribution in [1.82, 2.24) is 20.5 Å². The molecule has 2 amide bonds. The zero-order valence-corrected chi connectivity index (χ0v) is 21.9. The molecule has 3 fully saturated rings. The summed E-state index contributed by atoms with van der Waals surface area (Å²) in [5, 5.41) is 8.98. The highest BCUT2D eigenvalue weighted by atomic mass is 32.2. The monoisotopic (exact) mass is 497 g/mol. The van der Waals surface area contributed by atoms with E-state index in [0.29, 0.717) is 12.6 Å². The number of amides is 2. The van der Waals surface area contributed by atoms with Crippen LogP contribution in [0, 0.1) is 18.8 Å². The van der Waals surface area contributed by atoms with E-state index in [0.717, 1.165) is 49.4 Å². The molecular weight excluding hydrogens is 458 g/mol. The number of hydrazone groups is 1. The van der Waals surface area contributed by atoms with E-state index in [1.165, 1.54) is 30.4 Å². The van der Waals surface area contributed by atoms with Gasteiger partial charge in [0.25, 0.3) is 0 Å². The molecule has 0 spiro atoms. The van der Waals surface area contributed by atoms with E-state index in [-0.39, 0.29) is 36.0 Å². The van der Waals surface area contributed by atoms with Crippen LogP contribution in [0.5, 0.6) is 0 Å². The van der Waals surface area contributed by atoms with E-state index < -0.39 is 0 Å². The lowest BCUT2D eigenvalue weighted by molar-refractivity contribution is -0.157. The van der Waals surface area contributed by atoms with Crippen LogP contribution in [0.3, 0.4) is 0 Å². The van der Waals surface area contributed by atoms with Crippen molar-refractivity contribution in [1.29, 1.82) is 0 Å². The van der Waals surface area contributed by atoms with E-state index in [4.69, 9.17) is 5.10 Å². The van der Waals surface area contributed by atoms with Gasteiger partial charge < -0.3 is 15.1 Å². The second-order valence-corrected chi connectivity index (χ2v) is 11.6. The van der Waals surface area contributed by atoms with E-state index in [9.17, 15) is 9.59 Å². The summed E-state index contributed by atoms with van der Waals surface area (Å²) in [6.45, 7) is 4.93. The highest BCUT2D eigenvalue weighted by molar-refractivity contribution is 8.13. The smallest absolute Gasteiger partial charge is 0.230 e. The first-order valence-corrected chi connectivity index (χ1v) is 14.4. The Morgan fingerprint density at radius 1 is 1.14 bits per heavy atom. The fourth-order valence-electron chi connectivity index (χ4n) is 6.17. The number of hydrogen-bond acceptors (Lipinski definition) is 6. The van der Waals surface area contributed by atoms with Crippen LogP contribution in [0.15, 0.2) is 29.4 Å². The summed E-state index contributed by atoms with van der Waals surface area (Å²) < 4.78 is 0. The number of carbonyl (C=O) groups excluding carboxylic acids is 2. The first-order valence-electron chi connectivity index (χ1n) is 13.5. The Balaban J connectivity index is 1.31. The summed E-state index contributed by atoms with van der Waals surface area (Å²) in [4.78, 5) is 31.0. The van der Waals surface area contributed by atoms with Gasteiger partial charge in [-0.25, -0.2) is 0 Å². The van der Waals surface area contributed by atoms with Crippen LogP contribution in [0.4, 0.5) is 0 Å². The average Bonchev–Trinajstić information content (AvgIpc) is 3.30. The minimum Gasteiger partial charge on any atom is -0.353 e. The van der Waals surface area contributed by atoms with Gasteiger partial charge in [0.2, 0.25) is 11.8 Å². The summed E-state index contributed by atoms with van der Waals surface area (Å²) >= 11 is 1.72. The van der Waals surface area contributed by atoms with Crippen molar-refractivity contribution in [2.24, 2.45) is 16.9 Å². The van der Waals surface area contributed by atoms with Crippen molar-refractivity contribution >= 4 is 28.7 Å². The van der Waals surface area contributed by atoms with Crippen molar-refractivity contribution < 1.29 is 9.59 Å². The average molecular weight is 498 g/mol. The quantitative estimate of drug-likeness (QED) is 0.617. The number of nitrogens with one attached hydrogen (secondary N) is 2. The molecule has 5 rings (SSSR count). The van der Waals surface area contributed by atoms with Gasteiger partial charge in [-0.1, -0.05) is 67.8 Å². The lowest BCUT2D eigenvalue weighted by Crippen LogP contribution is -2.68. The van der Waals surface area contributed by atoms with Crippen LogP contribution in [-0.4, -0.2) is 51.7 Å². The number of rotatable bonds is 6. The number of benzene rings is 1. The topological polar surface area (TPSA) is 77.0 Å². The highest BCUT2D eigenvalue weighted by Crippen LogP contribution is 2.41. The van der Waals surface area contributed by atoms with Crippen molar-refractivity contribution in [3.8, 4) is 0 Å². The Hall–Kier alpha value is -2.22. The fraction of sp³-hybridized carbons (Fsp3) is 0.667. The molecule has 2 aliphatic carbocycles. The van der Waals surface area contributed by atoms with Crippen LogP contribution < -0.4 is 10.7 Å². The first-order chi connectivity index (χ1) is 17.0. The first kappa shape index (κ1) is 24.5. The van der Waals surface area contributed by atoms with Crippen LogP contribution in [0.2, 0.25) is 0 Å². The Morgan fingerprint density at radius 2 is 1.91 bits per heavy atom. The largest absolute Gasteiger partial charge is 0.353 e. The fourth-order valence-corrected chi connectivity index (χ4v) is 7.16. The summed E-state index contributed by atoms with van der Waals surface area (Å²) in [6.07, 6.45) is 8.84. The van der Waals surface area contributed by atoms with Gasteiger partial charge in [0.05, 0.1) is 5.92 Å². The van der Waals surface area contributed by atoms with Crippen molar-refractivity contribution in [3.05, 3.63) is 35.4 Å². The standard InChI is InChI=1S/C27H39N5O2S/c1-3-15-31-25(34)22-14-13-20(24(33)28-21-7-5-4-6-8-21)16-23(22)32-26(31)29-30-27(32)35-17-19-11-9-18(2)10-12-19/h9-12,20-23,26,29H,3-8,13-17H2,1-2H3,(H,28,33). The van der Waals surface area contributed by atoms with Crippen LogP contribution in [0.25, 0.3) is 0 Å². The highest BCUT2D eigenvalue weighted by Gasteiger charge is 2.52. The van der Waals surface area contributed by atoms with Gasteiger partial charge in [-0.3, -0.25) is 15.0 Å². The molecule has 2 saturated carbocycles. The van der Waals surface area contributed by atoms with Crippen molar-refractivity contribution in [2.45, 2.75) is 95.8 Å². The third-order valence-electron chi connectivity index (χ3n) is 8.10. The van der Waals surface area contributed by atoms with E-state index in [2.05, 4.69) is 53.8 Å². The molecule has 1 saturated heterocycles. The molecule has 2 aliphatic heterocycles. The Labute approximate surface area is 213 Å². The van der Waals surface area contributed by atoms with Crippen molar-refractivity contribution in [2.75, 3.05) is 6.54 Å². The predicted octanol–water partition coefficient (Wildman–Crippen LogP) is 4.17. The molecule has 1 aromatic rings. The lowest BCUT2D eigenvalue weighted by Gasteiger charge is -2.51. The zero-order valence-electron chi connectivity index (χ0n) is 21.0. The second kappa shape index (κ2) is 10.8. The molecule has 4 atom stereocenters. The maximum atomic E-state index is 13.5. The van der Waals surface area contributed by atoms with Gasteiger partial charge in [-0.05, 0) is 51.0 Å². The second-order valence-electron chi connectivity index (χ2n) is 10.6. The number of hydrogen-bond donors (Lipinski definition) is 2. The molecule has 8 heteroatoms. The number of fused-ring (bicyclic) bond motifs is 3. The number of nitrogens with zero attached hydrogens (tertiary/aromatic N) is 3. The molecule has 4 unspecified atom stereocenters. The molecule has 0 radical (unpaired) electrons. The third-order valence-corrected chi connectivity index (χ3v) is 9.14. The van der Waals surface area contributed by atoms with E-state index >= 15 is 0 Å². The summed E-state index contributed by atoms with van der Waals surface area (Å²) in [6, 6.07) is 8.95. The molecule has 1 aromatic carbocycles. The number of amidine groups is 1. The SMILES string of the molecule is CCCN1C(=O)C2CCC(C(=O)NC3CCCCC3)CC2N2C(SCc3ccc(C)cc3)=NNC12. The minimum absolute atomic E-state index is 0.00993. The Bertz CT molecular complexity index is 945. The van der Waals surface area contributed by atoms with Gasteiger partial charge in [0, 0.05) is 30.3 Å². The number of carbonyl (C=O) groups is 2. The maximum Gasteiger partial charge on any atom is 0.230 e.